The highest BCUT2D eigenvalue weighted by molar-refractivity contribution is 5.84. The molecule has 0 aliphatic carbocycles. The molecule has 7 nitrogen and oxygen atoms in total. The van der Waals surface area contributed by atoms with Crippen molar-refractivity contribution in [2.45, 2.75) is 0 Å². The summed E-state index contributed by atoms with van der Waals surface area (Å²) in [6.45, 7) is 0. The van der Waals surface area contributed by atoms with Gasteiger partial charge in [0.1, 0.15) is 11.6 Å². The zero-order chi connectivity index (χ0) is 21.1. The second kappa shape index (κ2) is 7.89. The Hall–Kier alpha value is -4.44. The Morgan fingerprint density at radius 2 is 1.77 bits per heavy atom. The molecule has 0 radical (unpaired) electrons. The lowest BCUT2D eigenvalue weighted by molar-refractivity contribution is -0.384. The van der Waals surface area contributed by atoms with E-state index in [1.165, 1.54) is 19.2 Å². The molecule has 1 heterocycles. The number of nitrogens with zero attached hydrogens (tertiary/aromatic N) is 3. The minimum atomic E-state index is -0.441. The van der Waals surface area contributed by atoms with Crippen LogP contribution in [-0.4, -0.2) is 22.0 Å². The van der Waals surface area contributed by atoms with Gasteiger partial charge in [-0.1, -0.05) is 30.3 Å². The zero-order valence-electron chi connectivity index (χ0n) is 16.0. The second-order valence-electron chi connectivity index (χ2n) is 6.51. The molecule has 0 atom stereocenters. The van der Waals surface area contributed by atoms with Crippen LogP contribution >= 0.6 is 0 Å². The molecular weight excluding hydrogens is 380 g/mol. The Kier molecular flexibility index (Phi) is 4.97. The molecule has 3 aromatic carbocycles. The fraction of sp³-hybridized carbons (Fsp3) is 0.0435. The second-order valence-corrected chi connectivity index (χ2v) is 6.51. The van der Waals surface area contributed by atoms with Gasteiger partial charge in [-0.2, -0.15) is 5.26 Å². The van der Waals surface area contributed by atoms with Gasteiger partial charge in [-0.3, -0.25) is 10.1 Å². The molecule has 0 aliphatic heterocycles. The monoisotopic (exact) mass is 396 g/mol. The van der Waals surface area contributed by atoms with Crippen molar-refractivity contribution < 1.29 is 9.66 Å². The fourth-order valence-corrected chi connectivity index (χ4v) is 3.22. The SMILES string of the molecule is COc1ccc([N+](=O)[O-])cc1-c1[nH]c(-c2ccc(C#N)cc2)nc1-c1ccccc1. The van der Waals surface area contributed by atoms with Crippen LogP contribution in [0.25, 0.3) is 33.9 Å². The van der Waals surface area contributed by atoms with Crippen molar-refractivity contribution in [2.24, 2.45) is 0 Å². The van der Waals surface area contributed by atoms with Crippen LogP contribution in [-0.2, 0) is 0 Å². The number of hydrogen-bond acceptors (Lipinski definition) is 5. The maximum atomic E-state index is 11.3. The maximum absolute atomic E-state index is 11.3. The van der Waals surface area contributed by atoms with E-state index < -0.39 is 4.92 Å². The molecule has 0 saturated carbocycles. The Bertz CT molecular complexity index is 1260. The Morgan fingerprint density at radius 3 is 2.40 bits per heavy atom. The number of benzene rings is 3. The van der Waals surface area contributed by atoms with Crippen LogP contribution in [0, 0.1) is 21.4 Å². The van der Waals surface area contributed by atoms with Gasteiger partial charge in [-0.05, 0) is 30.3 Å². The van der Waals surface area contributed by atoms with Crippen LogP contribution in [0.3, 0.4) is 0 Å². The van der Waals surface area contributed by atoms with Crippen LogP contribution in [0.5, 0.6) is 5.75 Å². The number of ether oxygens (including phenoxy) is 1. The lowest BCUT2D eigenvalue weighted by Gasteiger charge is -2.09. The molecule has 4 rings (SSSR count). The van der Waals surface area contributed by atoms with Gasteiger partial charge in [0.05, 0.1) is 35.1 Å². The standard InChI is InChI=1S/C23H16N4O3/c1-30-20-12-11-18(27(28)29)13-19(20)22-21(16-5-3-2-4-6-16)25-23(26-22)17-9-7-15(14-24)8-10-17/h2-13H,1H3,(H,25,26). The van der Waals surface area contributed by atoms with Crippen molar-refractivity contribution in [1.29, 1.82) is 5.26 Å². The van der Waals surface area contributed by atoms with Crippen LogP contribution in [0.2, 0.25) is 0 Å². The fourth-order valence-electron chi connectivity index (χ4n) is 3.22. The van der Waals surface area contributed by atoms with E-state index in [9.17, 15) is 10.1 Å². The molecule has 1 aromatic heterocycles. The summed E-state index contributed by atoms with van der Waals surface area (Å²) in [5, 5.41) is 20.4. The lowest BCUT2D eigenvalue weighted by Crippen LogP contribution is -1.94. The first kappa shape index (κ1) is 18.9. The summed E-state index contributed by atoms with van der Waals surface area (Å²) >= 11 is 0. The predicted octanol–water partition coefficient (Wildman–Crippen LogP) is 5.20. The van der Waals surface area contributed by atoms with Crippen LogP contribution in [0.15, 0.2) is 72.8 Å². The number of rotatable bonds is 5. The highest BCUT2D eigenvalue weighted by Crippen LogP contribution is 2.39. The van der Waals surface area contributed by atoms with E-state index in [1.807, 2.05) is 30.3 Å². The number of nitro groups is 1. The van der Waals surface area contributed by atoms with E-state index in [-0.39, 0.29) is 5.69 Å². The molecule has 1 N–H and O–H groups in total. The van der Waals surface area contributed by atoms with Gasteiger partial charge >= 0.3 is 0 Å². The Labute approximate surface area is 172 Å². The van der Waals surface area contributed by atoms with Crippen molar-refractivity contribution in [3.05, 3.63) is 88.5 Å². The summed E-state index contributed by atoms with van der Waals surface area (Å²) < 4.78 is 5.46. The highest BCUT2D eigenvalue weighted by atomic mass is 16.6. The van der Waals surface area contributed by atoms with E-state index in [1.54, 1.807) is 30.3 Å². The normalized spacial score (nSPS) is 10.4. The number of aromatic amines is 1. The van der Waals surface area contributed by atoms with Crippen molar-refractivity contribution in [3.63, 3.8) is 0 Å². The summed E-state index contributed by atoms with van der Waals surface area (Å²) in [6, 6.07) is 23.2. The van der Waals surface area contributed by atoms with Gasteiger partial charge in [-0.25, -0.2) is 4.98 Å². The number of imidazole rings is 1. The molecule has 0 bridgehead atoms. The van der Waals surface area contributed by atoms with Gasteiger partial charge in [0.25, 0.3) is 5.69 Å². The quantitative estimate of drug-likeness (QED) is 0.369. The van der Waals surface area contributed by atoms with E-state index in [0.717, 1.165) is 11.1 Å². The number of nitro benzene ring substituents is 1. The third-order valence-corrected chi connectivity index (χ3v) is 4.70. The molecular formula is C23H16N4O3. The largest absolute Gasteiger partial charge is 0.496 e. The number of aromatic nitrogens is 2. The Balaban J connectivity index is 1.95. The molecule has 4 aromatic rings. The van der Waals surface area contributed by atoms with Crippen molar-refractivity contribution >= 4 is 5.69 Å². The first-order valence-electron chi connectivity index (χ1n) is 9.09. The zero-order valence-corrected chi connectivity index (χ0v) is 16.0. The summed E-state index contributed by atoms with van der Waals surface area (Å²) in [5.74, 6) is 1.08. The maximum Gasteiger partial charge on any atom is 0.270 e. The van der Waals surface area contributed by atoms with Crippen LogP contribution < -0.4 is 4.74 Å². The lowest BCUT2D eigenvalue weighted by atomic mass is 10.0. The summed E-state index contributed by atoms with van der Waals surface area (Å²) in [4.78, 5) is 19.0. The molecule has 0 unspecified atom stereocenters. The van der Waals surface area contributed by atoms with Crippen LogP contribution in [0.1, 0.15) is 5.56 Å². The van der Waals surface area contributed by atoms with E-state index >= 15 is 0 Å². The third kappa shape index (κ3) is 3.50. The smallest absolute Gasteiger partial charge is 0.270 e. The van der Waals surface area contributed by atoms with Gasteiger partial charge in [0.2, 0.25) is 0 Å². The number of hydrogen-bond donors (Lipinski definition) is 1. The number of nitrogens with one attached hydrogen (secondary N) is 1. The van der Waals surface area contributed by atoms with Gasteiger partial charge in [-0.15, -0.1) is 0 Å². The molecule has 7 heteroatoms. The summed E-state index contributed by atoms with van der Waals surface area (Å²) in [5.41, 5.74) is 3.96. The molecule has 30 heavy (non-hydrogen) atoms. The van der Waals surface area contributed by atoms with Gasteiger partial charge < -0.3 is 9.72 Å². The number of methoxy groups -OCH3 is 1. The minimum absolute atomic E-state index is 0.0423. The molecule has 0 aliphatic rings. The average molecular weight is 396 g/mol. The van der Waals surface area contributed by atoms with Crippen molar-refractivity contribution in [2.75, 3.05) is 7.11 Å². The van der Waals surface area contributed by atoms with Crippen molar-refractivity contribution in [3.8, 4) is 45.7 Å². The predicted molar refractivity (Wildman–Crippen MR) is 113 cm³/mol. The van der Waals surface area contributed by atoms with Crippen LogP contribution in [0.4, 0.5) is 5.69 Å². The number of non-ortho nitro benzene ring substituents is 1. The number of H-pyrrole nitrogens is 1. The first-order valence-corrected chi connectivity index (χ1v) is 9.09. The highest BCUT2D eigenvalue weighted by Gasteiger charge is 2.21. The van der Waals surface area contributed by atoms with E-state index in [2.05, 4.69) is 11.1 Å². The number of nitriles is 1. The molecule has 0 spiro atoms. The van der Waals surface area contributed by atoms with E-state index in [4.69, 9.17) is 15.0 Å². The molecule has 146 valence electrons. The minimum Gasteiger partial charge on any atom is -0.496 e. The molecule has 0 amide bonds. The first-order chi connectivity index (χ1) is 14.6. The van der Waals surface area contributed by atoms with Gasteiger partial charge in [0, 0.05) is 28.8 Å². The molecule has 0 fully saturated rings. The molecule has 0 saturated heterocycles. The topological polar surface area (TPSA) is 105 Å². The summed E-state index contributed by atoms with van der Waals surface area (Å²) in [6.07, 6.45) is 0. The third-order valence-electron chi connectivity index (χ3n) is 4.70. The van der Waals surface area contributed by atoms with Crippen molar-refractivity contribution in [1.82, 2.24) is 9.97 Å². The Morgan fingerprint density at radius 1 is 1.03 bits per heavy atom. The average Bonchev–Trinajstić information content (AvgIpc) is 3.24. The van der Waals surface area contributed by atoms with E-state index in [0.29, 0.717) is 34.1 Å². The summed E-state index contributed by atoms with van der Waals surface area (Å²) in [7, 11) is 1.52. The van der Waals surface area contributed by atoms with Gasteiger partial charge in [0.15, 0.2) is 0 Å².